The summed E-state index contributed by atoms with van der Waals surface area (Å²) in [5.74, 6) is -0.427. The van der Waals surface area contributed by atoms with Gasteiger partial charge in [0.1, 0.15) is 5.82 Å². The lowest BCUT2D eigenvalue weighted by atomic mass is 10.1. The average molecular weight is 385 g/mol. The molecule has 0 atom stereocenters. The first-order valence-electron chi connectivity index (χ1n) is 8.46. The van der Waals surface area contributed by atoms with E-state index in [-0.39, 0.29) is 28.6 Å². The van der Waals surface area contributed by atoms with Gasteiger partial charge in [-0.05, 0) is 57.2 Å². The molecule has 140 valence electrons. The molecule has 0 aliphatic heterocycles. The molecule has 7 heteroatoms. The fourth-order valence-electron chi connectivity index (χ4n) is 2.61. The molecule has 3 rings (SSSR count). The lowest BCUT2D eigenvalue weighted by Crippen LogP contribution is -2.41. The van der Waals surface area contributed by atoms with Gasteiger partial charge in [-0.1, -0.05) is 23.9 Å². The standard InChI is InChI=1S/C20H20FN3O2S/c1-20(2,3)23-17(25)12-27-19-22-16-7-5-4-6-15(16)18(26)24(19)14-10-8-13(21)9-11-14/h4-11H,12H2,1-3H3,(H,23,25). The number of thioether (sulfide) groups is 1. The number of amides is 1. The third kappa shape index (κ3) is 4.54. The van der Waals surface area contributed by atoms with Crippen LogP contribution >= 0.6 is 11.8 Å². The Hall–Kier alpha value is -2.67. The fraction of sp³-hybridized carbons (Fsp3) is 0.250. The summed E-state index contributed by atoms with van der Waals surface area (Å²) in [4.78, 5) is 29.8. The molecule has 0 saturated carbocycles. The van der Waals surface area contributed by atoms with Crippen LogP contribution in [0.25, 0.3) is 16.6 Å². The molecule has 0 aliphatic carbocycles. The van der Waals surface area contributed by atoms with E-state index in [9.17, 15) is 14.0 Å². The zero-order valence-corrected chi connectivity index (χ0v) is 16.1. The van der Waals surface area contributed by atoms with Crippen molar-refractivity contribution in [2.24, 2.45) is 0 Å². The van der Waals surface area contributed by atoms with E-state index < -0.39 is 0 Å². The second-order valence-corrected chi connectivity index (χ2v) is 8.06. The Labute approximate surface area is 160 Å². The first-order valence-corrected chi connectivity index (χ1v) is 9.45. The number of benzene rings is 2. The third-order valence-corrected chi connectivity index (χ3v) is 4.62. The SMILES string of the molecule is CC(C)(C)NC(=O)CSc1nc2ccccc2c(=O)n1-c1ccc(F)cc1. The minimum atomic E-state index is -0.390. The largest absolute Gasteiger partial charge is 0.351 e. The second kappa shape index (κ2) is 7.52. The summed E-state index contributed by atoms with van der Waals surface area (Å²) in [5, 5.41) is 3.73. The monoisotopic (exact) mass is 385 g/mol. The molecule has 3 aromatic rings. The Bertz CT molecular complexity index is 1040. The Morgan fingerprint density at radius 3 is 2.48 bits per heavy atom. The molecule has 0 unspecified atom stereocenters. The van der Waals surface area contributed by atoms with Crippen LogP contribution in [-0.2, 0) is 4.79 Å². The van der Waals surface area contributed by atoms with Crippen LogP contribution in [0.2, 0.25) is 0 Å². The van der Waals surface area contributed by atoms with Gasteiger partial charge in [0.2, 0.25) is 5.91 Å². The van der Waals surface area contributed by atoms with Gasteiger partial charge in [-0.25, -0.2) is 9.37 Å². The number of nitrogens with zero attached hydrogens (tertiary/aromatic N) is 2. The van der Waals surface area contributed by atoms with Gasteiger partial charge >= 0.3 is 0 Å². The average Bonchev–Trinajstić information content (AvgIpc) is 2.60. The number of halogens is 1. The first kappa shape index (κ1) is 19.1. The second-order valence-electron chi connectivity index (χ2n) is 7.12. The topological polar surface area (TPSA) is 64.0 Å². The lowest BCUT2D eigenvalue weighted by molar-refractivity contribution is -0.119. The molecule has 2 aromatic carbocycles. The zero-order chi connectivity index (χ0) is 19.6. The van der Waals surface area contributed by atoms with Crippen molar-refractivity contribution < 1.29 is 9.18 Å². The van der Waals surface area contributed by atoms with Crippen molar-refractivity contribution in [2.75, 3.05) is 5.75 Å². The van der Waals surface area contributed by atoms with Crippen LogP contribution in [-0.4, -0.2) is 26.8 Å². The van der Waals surface area contributed by atoms with Crippen LogP contribution in [0.4, 0.5) is 4.39 Å². The van der Waals surface area contributed by atoms with E-state index in [1.54, 1.807) is 24.3 Å². The predicted octanol–water partition coefficient (Wildman–Crippen LogP) is 3.53. The first-order chi connectivity index (χ1) is 12.7. The van der Waals surface area contributed by atoms with Crippen molar-refractivity contribution in [3.63, 3.8) is 0 Å². The lowest BCUT2D eigenvalue weighted by Gasteiger charge is -2.20. The Morgan fingerprint density at radius 2 is 1.81 bits per heavy atom. The molecule has 1 amide bonds. The summed E-state index contributed by atoms with van der Waals surface area (Å²) in [6, 6.07) is 12.6. The number of nitrogens with one attached hydrogen (secondary N) is 1. The molecule has 0 saturated heterocycles. The van der Waals surface area contributed by atoms with E-state index in [4.69, 9.17) is 0 Å². The molecule has 0 radical (unpaired) electrons. The highest BCUT2D eigenvalue weighted by Gasteiger charge is 2.17. The molecule has 0 fully saturated rings. The number of carbonyl (C=O) groups excluding carboxylic acids is 1. The quantitative estimate of drug-likeness (QED) is 0.551. The van der Waals surface area contributed by atoms with E-state index in [1.165, 1.54) is 40.6 Å². The summed E-state index contributed by atoms with van der Waals surface area (Å²) in [5.41, 5.74) is 0.453. The van der Waals surface area contributed by atoms with Gasteiger partial charge in [0.15, 0.2) is 5.16 Å². The van der Waals surface area contributed by atoms with E-state index in [0.717, 1.165) is 0 Å². The predicted molar refractivity (Wildman–Crippen MR) is 106 cm³/mol. The maximum absolute atomic E-state index is 13.3. The highest BCUT2D eigenvalue weighted by atomic mass is 32.2. The summed E-state index contributed by atoms with van der Waals surface area (Å²) in [6.07, 6.45) is 0. The van der Waals surface area contributed by atoms with E-state index >= 15 is 0 Å². The molecule has 0 spiro atoms. The molecule has 27 heavy (non-hydrogen) atoms. The molecule has 5 nitrogen and oxygen atoms in total. The van der Waals surface area contributed by atoms with Crippen LogP contribution in [0.5, 0.6) is 0 Å². The summed E-state index contributed by atoms with van der Waals surface area (Å²) >= 11 is 1.17. The maximum Gasteiger partial charge on any atom is 0.266 e. The normalized spacial score (nSPS) is 11.6. The van der Waals surface area contributed by atoms with Crippen LogP contribution in [0, 0.1) is 5.82 Å². The maximum atomic E-state index is 13.3. The number of rotatable bonds is 4. The van der Waals surface area contributed by atoms with Crippen molar-refractivity contribution in [2.45, 2.75) is 31.5 Å². The smallest absolute Gasteiger partial charge is 0.266 e. The number of hydrogen-bond donors (Lipinski definition) is 1. The van der Waals surface area contributed by atoms with E-state index in [0.29, 0.717) is 21.7 Å². The van der Waals surface area contributed by atoms with Crippen LogP contribution < -0.4 is 10.9 Å². The van der Waals surface area contributed by atoms with E-state index in [1.807, 2.05) is 20.8 Å². The van der Waals surface area contributed by atoms with E-state index in [2.05, 4.69) is 10.3 Å². The van der Waals surface area contributed by atoms with Crippen molar-refractivity contribution in [3.05, 3.63) is 64.7 Å². The highest BCUT2D eigenvalue weighted by molar-refractivity contribution is 7.99. The van der Waals surface area contributed by atoms with Gasteiger partial charge in [0.05, 0.1) is 22.3 Å². The summed E-state index contributed by atoms with van der Waals surface area (Å²) < 4.78 is 14.7. The number of fused-ring (bicyclic) bond motifs is 1. The Morgan fingerprint density at radius 1 is 1.15 bits per heavy atom. The van der Waals surface area contributed by atoms with Crippen LogP contribution in [0.3, 0.4) is 0 Å². The summed E-state index contributed by atoms with van der Waals surface area (Å²) in [6.45, 7) is 5.70. The van der Waals surface area contributed by atoms with Gasteiger partial charge in [0, 0.05) is 5.54 Å². The molecule has 1 N–H and O–H groups in total. The Balaban J connectivity index is 2.04. The van der Waals surface area contributed by atoms with Crippen molar-refractivity contribution >= 4 is 28.6 Å². The molecule has 1 aromatic heterocycles. The zero-order valence-electron chi connectivity index (χ0n) is 15.3. The fourth-order valence-corrected chi connectivity index (χ4v) is 3.42. The Kier molecular flexibility index (Phi) is 5.32. The highest BCUT2D eigenvalue weighted by Crippen LogP contribution is 2.21. The number of carbonyl (C=O) groups is 1. The van der Waals surface area contributed by atoms with Crippen molar-refractivity contribution in [1.29, 1.82) is 0 Å². The molecular weight excluding hydrogens is 365 g/mol. The number of hydrogen-bond acceptors (Lipinski definition) is 4. The molecule has 0 aliphatic rings. The van der Waals surface area contributed by atoms with Crippen LogP contribution in [0.1, 0.15) is 20.8 Å². The van der Waals surface area contributed by atoms with Crippen molar-refractivity contribution in [1.82, 2.24) is 14.9 Å². The molecular formula is C20H20FN3O2S. The number of para-hydroxylation sites is 1. The van der Waals surface area contributed by atoms with Crippen molar-refractivity contribution in [3.8, 4) is 5.69 Å². The van der Waals surface area contributed by atoms with Gasteiger partial charge < -0.3 is 5.32 Å². The number of aromatic nitrogens is 2. The minimum absolute atomic E-state index is 0.114. The molecule has 1 heterocycles. The van der Waals surface area contributed by atoms with Gasteiger partial charge in [0.25, 0.3) is 5.56 Å². The summed E-state index contributed by atoms with van der Waals surface area (Å²) in [7, 11) is 0. The van der Waals surface area contributed by atoms with Gasteiger partial charge in [-0.2, -0.15) is 0 Å². The minimum Gasteiger partial charge on any atom is -0.351 e. The third-order valence-electron chi connectivity index (χ3n) is 3.68. The molecule has 0 bridgehead atoms. The van der Waals surface area contributed by atoms with Gasteiger partial charge in [-0.15, -0.1) is 0 Å². The van der Waals surface area contributed by atoms with Gasteiger partial charge in [-0.3, -0.25) is 14.2 Å². The van der Waals surface area contributed by atoms with Crippen LogP contribution in [0.15, 0.2) is 58.5 Å².